The SMILES string of the molecule is CCCCCCCCNC(=O)[C@@H](N)CCCNC(=N)N[N+](=O)[O-].Cl. The summed E-state index contributed by atoms with van der Waals surface area (Å²) >= 11 is 0. The van der Waals surface area contributed by atoms with Crippen molar-refractivity contribution in [3.8, 4) is 0 Å². The Labute approximate surface area is 149 Å². The van der Waals surface area contributed by atoms with E-state index in [1.807, 2.05) is 0 Å². The van der Waals surface area contributed by atoms with Crippen LogP contribution in [-0.4, -0.2) is 36.0 Å². The van der Waals surface area contributed by atoms with Gasteiger partial charge in [0.2, 0.25) is 5.91 Å². The summed E-state index contributed by atoms with van der Waals surface area (Å²) in [6.45, 7) is 3.17. The molecule has 1 amide bonds. The first-order chi connectivity index (χ1) is 11.0. The summed E-state index contributed by atoms with van der Waals surface area (Å²) in [5, 5.41) is 21.8. The monoisotopic (exact) mass is 366 g/mol. The number of guanidine groups is 1. The molecule has 0 bridgehead atoms. The number of amides is 1. The molecule has 0 rings (SSSR count). The zero-order valence-electron chi connectivity index (χ0n) is 14.3. The molecule has 0 saturated carbocycles. The van der Waals surface area contributed by atoms with E-state index in [1.165, 1.54) is 25.7 Å². The van der Waals surface area contributed by atoms with Gasteiger partial charge in [-0.2, -0.15) is 0 Å². The molecular weight excluding hydrogens is 336 g/mol. The van der Waals surface area contributed by atoms with Crippen molar-refractivity contribution in [3.05, 3.63) is 10.1 Å². The molecule has 0 spiro atoms. The highest BCUT2D eigenvalue weighted by Gasteiger charge is 2.12. The van der Waals surface area contributed by atoms with Crippen LogP contribution in [0.1, 0.15) is 58.3 Å². The van der Waals surface area contributed by atoms with Crippen LogP contribution in [0.3, 0.4) is 0 Å². The number of carbonyl (C=O) groups excluding carboxylic acids is 1. The van der Waals surface area contributed by atoms with Crippen LogP contribution in [0.5, 0.6) is 0 Å². The molecule has 1 atom stereocenters. The van der Waals surface area contributed by atoms with E-state index in [0.717, 1.165) is 12.8 Å². The number of unbranched alkanes of at least 4 members (excludes halogenated alkanes) is 5. The Morgan fingerprint density at radius 1 is 1.12 bits per heavy atom. The largest absolute Gasteiger partial charge is 0.355 e. The molecular formula is C14H31ClN6O3. The molecule has 0 aromatic rings. The number of hydrogen-bond acceptors (Lipinski definition) is 5. The molecule has 0 radical (unpaired) electrons. The Kier molecular flexibility index (Phi) is 16.7. The molecule has 9 nitrogen and oxygen atoms in total. The third-order valence-corrected chi connectivity index (χ3v) is 3.36. The van der Waals surface area contributed by atoms with Gasteiger partial charge in [-0.05, 0) is 19.3 Å². The summed E-state index contributed by atoms with van der Waals surface area (Å²) in [5.41, 5.74) is 7.47. The predicted molar refractivity (Wildman–Crippen MR) is 96.7 cm³/mol. The fourth-order valence-electron chi connectivity index (χ4n) is 2.05. The van der Waals surface area contributed by atoms with Gasteiger partial charge in [-0.25, -0.2) is 10.1 Å². The van der Waals surface area contributed by atoms with E-state index in [1.54, 1.807) is 5.43 Å². The smallest absolute Gasteiger partial charge is 0.251 e. The minimum absolute atomic E-state index is 0. The van der Waals surface area contributed by atoms with Crippen molar-refractivity contribution >= 4 is 24.3 Å². The summed E-state index contributed by atoms with van der Waals surface area (Å²) in [6, 6.07) is -0.588. The van der Waals surface area contributed by atoms with E-state index in [-0.39, 0.29) is 24.3 Å². The lowest BCUT2D eigenvalue weighted by Gasteiger charge is -2.12. The van der Waals surface area contributed by atoms with Crippen molar-refractivity contribution in [2.24, 2.45) is 5.73 Å². The van der Waals surface area contributed by atoms with E-state index in [9.17, 15) is 14.9 Å². The number of nitrogens with one attached hydrogen (secondary N) is 4. The molecule has 0 saturated heterocycles. The lowest BCUT2D eigenvalue weighted by atomic mass is 10.1. The summed E-state index contributed by atoms with van der Waals surface area (Å²) < 4.78 is 0. The molecule has 24 heavy (non-hydrogen) atoms. The standard InChI is InChI=1S/C14H30N6O3.ClH/c1-2-3-4-5-6-7-10-17-13(21)12(15)9-8-11-18-14(16)19-20(22)23;/h12H,2-11,15H2,1H3,(H,17,21)(H3,16,18,19);1H/t12-;/m0./s1. The topological polar surface area (TPSA) is 146 Å². The number of hydrogen-bond donors (Lipinski definition) is 5. The number of halogens is 1. The average molecular weight is 367 g/mol. The van der Waals surface area contributed by atoms with Crippen LogP contribution in [-0.2, 0) is 4.79 Å². The molecule has 0 aromatic heterocycles. The third-order valence-electron chi connectivity index (χ3n) is 3.36. The first-order valence-corrected chi connectivity index (χ1v) is 8.24. The summed E-state index contributed by atoms with van der Waals surface area (Å²) in [4.78, 5) is 21.8. The first kappa shape index (κ1) is 24.6. The van der Waals surface area contributed by atoms with Crippen LogP contribution in [0.15, 0.2) is 0 Å². The van der Waals surface area contributed by atoms with E-state index in [2.05, 4.69) is 17.6 Å². The lowest BCUT2D eigenvalue weighted by molar-refractivity contribution is -0.525. The Morgan fingerprint density at radius 2 is 1.71 bits per heavy atom. The Bertz CT molecular complexity index is 370. The second kappa shape index (κ2) is 16.3. The summed E-state index contributed by atoms with van der Waals surface area (Å²) in [6.07, 6.45) is 8.03. The fourth-order valence-corrected chi connectivity index (χ4v) is 2.05. The van der Waals surface area contributed by atoms with Crippen molar-refractivity contribution in [2.45, 2.75) is 64.3 Å². The van der Waals surface area contributed by atoms with Crippen LogP contribution in [0.4, 0.5) is 0 Å². The zero-order chi connectivity index (χ0) is 17.5. The van der Waals surface area contributed by atoms with Gasteiger partial charge in [0.05, 0.1) is 6.04 Å². The Balaban J connectivity index is 0. The minimum atomic E-state index is -0.809. The van der Waals surface area contributed by atoms with E-state index in [0.29, 0.717) is 25.9 Å². The Hall–Kier alpha value is -1.61. The second-order valence-corrected chi connectivity index (χ2v) is 5.48. The number of nitrogens with two attached hydrogens (primary N) is 1. The van der Waals surface area contributed by atoms with Crippen LogP contribution < -0.4 is 21.8 Å². The average Bonchev–Trinajstić information content (AvgIpc) is 2.49. The van der Waals surface area contributed by atoms with E-state index < -0.39 is 11.1 Å². The fraction of sp³-hybridized carbons (Fsp3) is 0.857. The maximum Gasteiger partial charge on any atom is 0.251 e. The molecule has 0 aromatic carbocycles. The highest BCUT2D eigenvalue weighted by molar-refractivity contribution is 5.85. The summed E-state index contributed by atoms with van der Waals surface area (Å²) in [5.74, 6) is -0.548. The highest BCUT2D eigenvalue weighted by atomic mass is 35.5. The maximum absolute atomic E-state index is 11.8. The van der Waals surface area contributed by atoms with Crippen LogP contribution >= 0.6 is 12.4 Å². The number of hydrazine groups is 1. The van der Waals surface area contributed by atoms with Crippen molar-refractivity contribution < 1.29 is 9.83 Å². The third kappa shape index (κ3) is 15.3. The Morgan fingerprint density at radius 3 is 2.33 bits per heavy atom. The van der Waals surface area contributed by atoms with Crippen molar-refractivity contribution in [1.82, 2.24) is 16.1 Å². The van der Waals surface area contributed by atoms with Gasteiger partial charge in [0.25, 0.3) is 5.96 Å². The van der Waals surface area contributed by atoms with E-state index >= 15 is 0 Å². The minimum Gasteiger partial charge on any atom is -0.355 e. The number of carbonyl (C=O) groups is 1. The molecule has 0 aliphatic carbocycles. The van der Waals surface area contributed by atoms with E-state index in [4.69, 9.17) is 11.1 Å². The van der Waals surface area contributed by atoms with Gasteiger partial charge in [-0.3, -0.25) is 10.2 Å². The van der Waals surface area contributed by atoms with Gasteiger partial charge in [0, 0.05) is 13.1 Å². The zero-order valence-corrected chi connectivity index (χ0v) is 15.1. The van der Waals surface area contributed by atoms with Crippen LogP contribution in [0.25, 0.3) is 0 Å². The molecule has 0 aliphatic heterocycles. The van der Waals surface area contributed by atoms with Gasteiger partial charge in [0.1, 0.15) is 0 Å². The molecule has 142 valence electrons. The first-order valence-electron chi connectivity index (χ1n) is 8.24. The maximum atomic E-state index is 11.8. The second-order valence-electron chi connectivity index (χ2n) is 5.48. The van der Waals surface area contributed by atoms with Crippen molar-refractivity contribution in [1.29, 1.82) is 5.41 Å². The van der Waals surface area contributed by atoms with Crippen LogP contribution in [0.2, 0.25) is 0 Å². The lowest BCUT2D eigenvalue weighted by Crippen LogP contribution is -2.42. The van der Waals surface area contributed by atoms with Crippen molar-refractivity contribution in [3.63, 3.8) is 0 Å². The quantitative estimate of drug-likeness (QED) is 0.109. The van der Waals surface area contributed by atoms with Gasteiger partial charge in [-0.15, -0.1) is 12.4 Å². The predicted octanol–water partition coefficient (Wildman–Crippen LogP) is 1.30. The number of nitrogens with zero attached hydrogens (tertiary/aromatic N) is 1. The molecule has 0 fully saturated rings. The van der Waals surface area contributed by atoms with Gasteiger partial charge >= 0.3 is 0 Å². The highest BCUT2D eigenvalue weighted by Crippen LogP contribution is 2.04. The molecule has 0 unspecified atom stereocenters. The van der Waals surface area contributed by atoms with Crippen molar-refractivity contribution in [2.75, 3.05) is 13.1 Å². The van der Waals surface area contributed by atoms with Gasteiger partial charge in [-0.1, -0.05) is 44.5 Å². The van der Waals surface area contributed by atoms with Gasteiger partial charge < -0.3 is 16.4 Å². The van der Waals surface area contributed by atoms with Gasteiger partial charge in [0.15, 0.2) is 5.03 Å². The normalized spacial score (nSPS) is 11.1. The number of rotatable bonds is 13. The molecule has 6 N–H and O–H groups in total. The number of nitro groups is 1. The molecule has 0 aliphatic rings. The molecule has 0 heterocycles. The van der Waals surface area contributed by atoms with Crippen LogP contribution in [0, 0.1) is 15.5 Å². The molecule has 10 heteroatoms. The summed E-state index contributed by atoms with van der Waals surface area (Å²) in [7, 11) is 0.